The maximum atomic E-state index is 12.5. The molecule has 1 rings (SSSR count). The van der Waals surface area contributed by atoms with Gasteiger partial charge in [0.2, 0.25) is 22.1 Å². The molecule has 0 bridgehead atoms. The molecule has 0 aromatic carbocycles. The van der Waals surface area contributed by atoms with Crippen molar-refractivity contribution >= 4 is 28.0 Å². The molecule has 1 aromatic heterocycles. The zero-order valence-electron chi connectivity index (χ0n) is 17.1. The fraction of sp³-hybridized carbons (Fsp3) is 0.200. The number of aromatic nitrogens is 1. The van der Waals surface area contributed by atoms with Crippen LogP contribution >= 0.6 is 0 Å². The fourth-order valence-electron chi connectivity index (χ4n) is 1.17. The van der Waals surface area contributed by atoms with Gasteiger partial charge < -0.3 is 15.4 Å². The van der Waals surface area contributed by atoms with Gasteiger partial charge in [0, 0.05) is 28.4 Å². The summed E-state index contributed by atoms with van der Waals surface area (Å²) in [5, 5.41) is 1.43. The Morgan fingerprint density at radius 1 is 1.41 bits per heavy atom. The van der Waals surface area contributed by atoms with Crippen LogP contribution in [0.4, 0.5) is 9.59 Å². The third-order valence-electron chi connectivity index (χ3n) is 1.89. The molecule has 22 heavy (non-hydrogen) atoms. The maximum Gasteiger partial charge on any atom is 1.00 e. The van der Waals surface area contributed by atoms with Crippen molar-refractivity contribution in [2.75, 3.05) is 14.0 Å². The van der Waals surface area contributed by atoms with E-state index in [1.54, 1.807) is 0 Å². The predicted molar refractivity (Wildman–Crippen MR) is 70.9 cm³/mol. The Kier molecular flexibility index (Phi) is 4.34. The number of nitrogens with two attached hydrogens (primary N) is 1. The van der Waals surface area contributed by atoms with Gasteiger partial charge >= 0.3 is 29.6 Å². The van der Waals surface area contributed by atoms with Crippen molar-refractivity contribution < 1.29 is 60.6 Å². The Morgan fingerprint density at radius 2 is 2.05 bits per heavy atom. The molecule has 0 atom stereocenters. The first-order chi connectivity index (χ1) is 12.1. The number of primary amides is 1. The topological polar surface area (TPSA) is 154 Å². The molecule has 0 aliphatic carbocycles. The number of pyridine rings is 1. The van der Waals surface area contributed by atoms with Crippen molar-refractivity contribution in [2.45, 2.75) is 5.03 Å². The van der Waals surface area contributed by atoms with Crippen LogP contribution in [0, 0.1) is 0 Å². The third-order valence-corrected chi connectivity index (χ3v) is 3.17. The molecule has 0 aliphatic heterocycles. The summed E-state index contributed by atoms with van der Waals surface area (Å²) in [5.41, 5.74) is 3.66. The first-order valence-electron chi connectivity index (χ1n) is 7.95. The van der Waals surface area contributed by atoms with E-state index in [4.69, 9.17) is 8.22 Å². The Labute approximate surface area is 157 Å². The number of nitrogens with one attached hydrogen (secondary N) is 1. The average molecular weight is 343 g/mol. The molecule has 0 spiro atoms. The van der Waals surface area contributed by atoms with Crippen molar-refractivity contribution in [3.63, 3.8) is 0 Å². The number of carbonyl (C=O) groups is 3. The minimum Gasteiger partial charge on any atom is -0.423 e. The summed E-state index contributed by atoms with van der Waals surface area (Å²) in [4.78, 5) is 37.2. The summed E-state index contributed by atoms with van der Waals surface area (Å²) in [6, 6.07) is -1.37. The summed E-state index contributed by atoms with van der Waals surface area (Å²) >= 11 is 0. The molecular weight excluding hydrogens is 325 g/mol. The molecule has 10 nitrogen and oxygen atoms in total. The molecule has 0 aliphatic rings. The van der Waals surface area contributed by atoms with Gasteiger partial charge in [-0.25, -0.2) is 13.4 Å². The molecule has 0 fully saturated rings. The van der Waals surface area contributed by atoms with Crippen molar-refractivity contribution in [1.82, 2.24) is 14.6 Å². The van der Waals surface area contributed by atoms with Crippen LogP contribution in [0.2, 0.25) is 0 Å². The van der Waals surface area contributed by atoms with Gasteiger partial charge in [-0.15, -0.1) is 0 Å². The van der Waals surface area contributed by atoms with E-state index in [0.29, 0.717) is 0 Å². The number of carbonyl (C=O) groups excluding carboxylic acids is 3. The molecule has 3 N–H and O–H groups in total. The summed E-state index contributed by atoms with van der Waals surface area (Å²) in [6.45, 7) is -6.88. The smallest absolute Gasteiger partial charge is 0.423 e. The monoisotopic (exact) mass is 343 g/mol. The van der Waals surface area contributed by atoms with Crippen molar-refractivity contribution in [2.24, 2.45) is 5.73 Å². The van der Waals surface area contributed by atoms with Gasteiger partial charge in [0.05, 0.1) is 5.56 Å². The van der Waals surface area contributed by atoms with Crippen LogP contribution in [0.1, 0.15) is 18.6 Å². The van der Waals surface area contributed by atoms with E-state index >= 15 is 0 Å². The second kappa shape index (κ2) is 8.08. The maximum absolute atomic E-state index is 12.5. The Morgan fingerprint density at radius 3 is 2.59 bits per heavy atom. The average Bonchev–Trinajstić information content (AvgIpc) is 2.42. The summed E-state index contributed by atoms with van der Waals surface area (Å²) in [7, 11) is -4.93. The van der Waals surface area contributed by atoms with E-state index in [2.05, 4.69) is 16.0 Å². The van der Waals surface area contributed by atoms with Gasteiger partial charge in [-0.05, 0) is 12.1 Å². The molecule has 0 radical (unpaired) electrons. The first kappa shape index (κ1) is 11.8. The van der Waals surface area contributed by atoms with Crippen LogP contribution < -0.4 is 40.0 Å². The van der Waals surface area contributed by atoms with Crippen molar-refractivity contribution in [3.8, 4) is 0 Å². The van der Waals surface area contributed by atoms with E-state index in [-0.39, 0.29) is 29.6 Å². The standard InChI is InChI=1S/C10H13N5O5S.Na/c1-15(2)8(16)6-4-3-5-12-7(6)21(19,20)14-10(18)13-9(11)17;/h3-5H,1-2H3,(H4,11,13,14,17,18);/q;+1/p-1/i1D3,2D3;. The number of amides is 5. The normalized spacial score (nSPS) is 15.3. The SMILES string of the molecule is [2H]C([2H])([2H])N(C(=O)c1cccnc1S(=O)(=O)NC(=O)[N-]C(N)=O)C([2H])([2H])[2H].[Na+]. The van der Waals surface area contributed by atoms with E-state index in [9.17, 15) is 22.8 Å². The molecule has 1 aromatic rings. The van der Waals surface area contributed by atoms with E-state index in [0.717, 1.165) is 18.3 Å². The Balaban J connectivity index is 0.00000729. The molecule has 1 heterocycles. The largest absolute Gasteiger partial charge is 1.00 e. The zero-order valence-corrected chi connectivity index (χ0v) is 13.9. The third kappa shape index (κ3) is 5.26. The van der Waals surface area contributed by atoms with Gasteiger partial charge in [-0.2, -0.15) is 0 Å². The summed E-state index contributed by atoms with van der Waals surface area (Å²) < 4.78 is 69.0. The fourth-order valence-corrected chi connectivity index (χ4v) is 2.19. The predicted octanol–water partition coefficient (Wildman–Crippen LogP) is -3.36. The Hall–Kier alpha value is -1.69. The molecule has 12 heteroatoms. The number of imide groups is 1. The van der Waals surface area contributed by atoms with Gasteiger partial charge in [-0.1, -0.05) is 0 Å². The van der Waals surface area contributed by atoms with Crippen LogP contribution in [0.5, 0.6) is 0 Å². The van der Waals surface area contributed by atoms with Crippen molar-refractivity contribution in [1.29, 1.82) is 0 Å². The van der Waals surface area contributed by atoms with Crippen LogP contribution in [-0.2, 0) is 10.0 Å². The Bertz CT molecular complexity index is 860. The molecule has 0 unspecified atom stereocenters. The number of rotatable bonds is 3. The molecule has 114 valence electrons. The van der Waals surface area contributed by atoms with E-state index < -0.39 is 57.4 Å². The number of urea groups is 2. The molecule has 0 saturated heterocycles. The van der Waals surface area contributed by atoms with Gasteiger partial charge in [-0.3, -0.25) is 19.7 Å². The number of hydrogen-bond donors (Lipinski definition) is 2. The quantitative estimate of drug-likeness (QED) is 0.546. The zero-order chi connectivity index (χ0) is 21.2. The summed E-state index contributed by atoms with van der Waals surface area (Å²) in [5.74, 6) is -1.71. The second-order valence-corrected chi connectivity index (χ2v) is 4.96. The first-order valence-corrected chi connectivity index (χ1v) is 6.43. The van der Waals surface area contributed by atoms with Gasteiger partial charge in [0.25, 0.3) is 5.91 Å². The molecular formula is C10H12N5NaO5S. The van der Waals surface area contributed by atoms with E-state index in [1.165, 1.54) is 4.72 Å². The molecule has 5 amide bonds. The van der Waals surface area contributed by atoms with E-state index in [1.807, 2.05) is 0 Å². The number of sulfonamides is 1. The minimum absolute atomic E-state index is 0. The minimum atomic E-state index is -4.93. The summed E-state index contributed by atoms with van der Waals surface area (Å²) in [6.07, 6.45) is 0.885. The van der Waals surface area contributed by atoms with Crippen LogP contribution in [0.25, 0.3) is 5.32 Å². The van der Waals surface area contributed by atoms with Crippen molar-refractivity contribution in [3.05, 3.63) is 29.2 Å². The second-order valence-electron chi connectivity index (χ2n) is 3.36. The van der Waals surface area contributed by atoms with Gasteiger partial charge in [0.15, 0.2) is 5.03 Å². The van der Waals surface area contributed by atoms with Crippen LogP contribution in [0.15, 0.2) is 23.4 Å². The number of hydrogen-bond acceptors (Lipinski definition) is 6. The number of nitrogens with zero attached hydrogens (tertiary/aromatic N) is 3. The van der Waals surface area contributed by atoms with Crippen LogP contribution in [0.3, 0.4) is 0 Å². The van der Waals surface area contributed by atoms with Crippen LogP contribution in [-0.4, -0.2) is 50.2 Å². The molecule has 0 saturated carbocycles. The van der Waals surface area contributed by atoms with Gasteiger partial charge in [0.1, 0.15) is 0 Å².